The van der Waals surface area contributed by atoms with Crippen molar-refractivity contribution in [2.45, 2.75) is 25.3 Å². The van der Waals surface area contributed by atoms with E-state index in [4.69, 9.17) is 4.74 Å². The van der Waals surface area contributed by atoms with Crippen LogP contribution in [0.2, 0.25) is 0 Å². The summed E-state index contributed by atoms with van der Waals surface area (Å²) in [5.41, 5.74) is 0. The lowest BCUT2D eigenvalue weighted by atomic mass is 10.4. The van der Waals surface area contributed by atoms with Crippen molar-refractivity contribution >= 4 is 15.9 Å². The molecule has 0 atom stereocenters. The van der Waals surface area contributed by atoms with Gasteiger partial charge in [-0.2, -0.15) is 4.31 Å². The number of nitrogens with zero attached hydrogens (tertiary/aromatic N) is 4. The molecule has 2 heterocycles. The summed E-state index contributed by atoms with van der Waals surface area (Å²) in [5.74, 6) is 0.548. The second-order valence-corrected chi connectivity index (χ2v) is 7.40. The maximum absolute atomic E-state index is 12.7. The van der Waals surface area contributed by atoms with Gasteiger partial charge in [0.15, 0.2) is 5.03 Å². The number of carbonyl (C=O) groups is 1. The summed E-state index contributed by atoms with van der Waals surface area (Å²) < 4.78 is 33.6. The number of aryl methyl sites for hydroxylation is 2. The van der Waals surface area contributed by atoms with Crippen LogP contribution in [0.3, 0.4) is 0 Å². The van der Waals surface area contributed by atoms with Crippen LogP contribution in [-0.4, -0.2) is 72.5 Å². The van der Waals surface area contributed by atoms with Crippen molar-refractivity contribution in [2.75, 3.05) is 39.4 Å². The largest absolute Gasteiger partial charge is 0.372 e. The second-order valence-electron chi connectivity index (χ2n) is 5.51. The van der Waals surface area contributed by atoms with E-state index in [-0.39, 0.29) is 24.1 Å². The Balaban J connectivity index is 2.06. The molecule has 0 spiro atoms. The molecule has 1 aliphatic heterocycles. The number of sulfonamides is 1. The van der Waals surface area contributed by atoms with E-state index in [2.05, 4.69) is 4.98 Å². The van der Waals surface area contributed by atoms with Crippen LogP contribution in [0.25, 0.3) is 0 Å². The smallest absolute Gasteiger partial charge is 0.262 e. The molecule has 0 radical (unpaired) electrons. The molecule has 0 N–H and O–H groups in total. The molecule has 1 aromatic heterocycles. The van der Waals surface area contributed by atoms with E-state index in [1.165, 1.54) is 10.5 Å². The fourth-order valence-corrected chi connectivity index (χ4v) is 3.94. The topological polar surface area (TPSA) is 84.7 Å². The van der Waals surface area contributed by atoms with Crippen LogP contribution < -0.4 is 0 Å². The normalized spacial score (nSPS) is 17.3. The van der Waals surface area contributed by atoms with Crippen LogP contribution in [0, 0.1) is 6.92 Å². The summed E-state index contributed by atoms with van der Waals surface area (Å²) in [6.45, 7) is 5.69. The predicted molar refractivity (Wildman–Crippen MR) is 84.4 cm³/mol. The first-order chi connectivity index (χ1) is 10.9. The van der Waals surface area contributed by atoms with E-state index < -0.39 is 10.0 Å². The number of carbonyl (C=O) groups excluding carboxylic acids is 1. The quantitative estimate of drug-likeness (QED) is 0.750. The Bertz CT molecular complexity index is 636. The number of hydrogen-bond donors (Lipinski definition) is 0. The van der Waals surface area contributed by atoms with Crippen LogP contribution in [0.1, 0.15) is 19.2 Å². The van der Waals surface area contributed by atoms with Crippen LogP contribution in [0.4, 0.5) is 0 Å². The third-order valence-corrected chi connectivity index (χ3v) is 5.70. The fraction of sp³-hybridized carbons (Fsp3) is 0.714. The Hall–Kier alpha value is -1.45. The van der Waals surface area contributed by atoms with E-state index in [1.807, 2.05) is 6.92 Å². The first kappa shape index (κ1) is 17.9. The van der Waals surface area contributed by atoms with Gasteiger partial charge in [0.2, 0.25) is 5.91 Å². The lowest BCUT2D eigenvalue weighted by molar-refractivity contribution is -0.135. The molecule has 1 aromatic rings. The molecule has 8 nitrogen and oxygen atoms in total. The summed E-state index contributed by atoms with van der Waals surface area (Å²) in [5, 5.41) is 0.0617. The summed E-state index contributed by atoms with van der Waals surface area (Å²) in [4.78, 5) is 17.8. The highest BCUT2D eigenvalue weighted by Gasteiger charge is 2.30. The maximum atomic E-state index is 12.7. The summed E-state index contributed by atoms with van der Waals surface area (Å²) >= 11 is 0. The molecule has 2 rings (SSSR count). The third kappa shape index (κ3) is 4.10. The van der Waals surface area contributed by atoms with Gasteiger partial charge in [0.05, 0.1) is 0 Å². The molecule has 0 unspecified atom stereocenters. The van der Waals surface area contributed by atoms with Crippen LogP contribution in [-0.2, 0) is 26.6 Å². The number of aromatic nitrogens is 2. The molecule has 0 aliphatic carbocycles. The number of amides is 1. The minimum Gasteiger partial charge on any atom is -0.372 e. The van der Waals surface area contributed by atoms with Gasteiger partial charge in [0.25, 0.3) is 10.0 Å². The van der Waals surface area contributed by atoms with Crippen LogP contribution in [0.15, 0.2) is 11.2 Å². The van der Waals surface area contributed by atoms with Gasteiger partial charge in [-0.3, -0.25) is 4.79 Å². The standard InChI is InChI=1S/C14H24N4O4S/c1-4-22-11-14(19)17-6-5-7-18(9-8-17)23(20,21)13-10-16(3)12(2)15-13/h10H,4-9,11H2,1-3H3. The Labute approximate surface area is 137 Å². The van der Waals surface area contributed by atoms with Crippen molar-refractivity contribution in [1.82, 2.24) is 18.8 Å². The molecular weight excluding hydrogens is 320 g/mol. The zero-order chi connectivity index (χ0) is 17.0. The van der Waals surface area contributed by atoms with Crippen molar-refractivity contribution in [3.05, 3.63) is 12.0 Å². The molecule has 1 fully saturated rings. The Morgan fingerprint density at radius 1 is 1.30 bits per heavy atom. The van der Waals surface area contributed by atoms with Crippen LogP contribution in [0.5, 0.6) is 0 Å². The van der Waals surface area contributed by atoms with Crippen molar-refractivity contribution in [3.8, 4) is 0 Å². The fourth-order valence-electron chi connectivity index (χ4n) is 2.45. The summed E-state index contributed by atoms with van der Waals surface area (Å²) in [6, 6.07) is 0. The first-order valence-corrected chi connectivity index (χ1v) is 9.16. The molecule has 1 aliphatic rings. The third-order valence-electron chi connectivity index (χ3n) is 3.93. The van der Waals surface area contributed by atoms with Gasteiger partial charge in [-0.1, -0.05) is 0 Å². The van der Waals surface area contributed by atoms with Gasteiger partial charge in [0.1, 0.15) is 12.4 Å². The monoisotopic (exact) mass is 344 g/mol. The average Bonchev–Trinajstić information content (AvgIpc) is 2.74. The number of imidazole rings is 1. The molecule has 0 saturated carbocycles. The summed E-state index contributed by atoms with van der Waals surface area (Å²) in [6.07, 6.45) is 2.12. The molecule has 0 aromatic carbocycles. The van der Waals surface area contributed by atoms with Gasteiger partial charge >= 0.3 is 0 Å². The average molecular weight is 344 g/mol. The van der Waals surface area contributed by atoms with E-state index in [0.717, 1.165) is 0 Å². The number of rotatable bonds is 5. The highest BCUT2D eigenvalue weighted by molar-refractivity contribution is 7.89. The molecule has 130 valence electrons. The van der Waals surface area contributed by atoms with Gasteiger partial charge in [-0.25, -0.2) is 13.4 Å². The first-order valence-electron chi connectivity index (χ1n) is 7.72. The molecule has 1 saturated heterocycles. The van der Waals surface area contributed by atoms with Crippen LogP contribution >= 0.6 is 0 Å². The minimum absolute atomic E-state index is 0.0443. The van der Waals surface area contributed by atoms with Gasteiger partial charge in [-0.05, 0) is 20.3 Å². The molecular formula is C14H24N4O4S. The highest BCUT2D eigenvalue weighted by Crippen LogP contribution is 2.17. The Kier molecular flexibility index (Phi) is 5.77. The molecule has 1 amide bonds. The predicted octanol–water partition coefficient (Wildman–Crippen LogP) is -0.0120. The SMILES string of the molecule is CCOCC(=O)N1CCCN(S(=O)(=O)c2cn(C)c(C)n2)CC1. The van der Waals surface area contributed by atoms with Gasteiger partial charge < -0.3 is 14.2 Å². The Morgan fingerprint density at radius 3 is 2.65 bits per heavy atom. The van der Waals surface area contributed by atoms with Crippen molar-refractivity contribution in [1.29, 1.82) is 0 Å². The minimum atomic E-state index is -3.62. The molecule has 23 heavy (non-hydrogen) atoms. The summed E-state index contributed by atoms with van der Waals surface area (Å²) in [7, 11) is -1.86. The highest BCUT2D eigenvalue weighted by atomic mass is 32.2. The van der Waals surface area contributed by atoms with E-state index >= 15 is 0 Å². The Morgan fingerprint density at radius 2 is 2.04 bits per heavy atom. The lowest BCUT2D eigenvalue weighted by Gasteiger charge is -2.21. The van der Waals surface area contributed by atoms with Crippen molar-refractivity contribution in [2.24, 2.45) is 7.05 Å². The van der Waals surface area contributed by atoms with E-state index in [1.54, 1.807) is 23.4 Å². The van der Waals surface area contributed by atoms with E-state index in [0.29, 0.717) is 38.5 Å². The van der Waals surface area contributed by atoms with Gasteiger partial charge in [-0.15, -0.1) is 0 Å². The number of hydrogen-bond acceptors (Lipinski definition) is 5. The molecule has 0 bridgehead atoms. The van der Waals surface area contributed by atoms with Crippen molar-refractivity contribution < 1.29 is 17.9 Å². The van der Waals surface area contributed by atoms with Crippen molar-refractivity contribution in [3.63, 3.8) is 0 Å². The maximum Gasteiger partial charge on any atom is 0.262 e. The number of ether oxygens (including phenoxy) is 1. The molecule has 9 heteroatoms. The zero-order valence-corrected chi connectivity index (χ0v) is 14.7. The van der Waals surface area contributed by atoms with E-state index in [9.17, 15) is 13.2 Å². The lowest BCUT2D eigenvalue weighted by Crippen LogP contribution is -2.38. The zero-order valence-electron chi connectivity index (χ0n) is 13.9. The van der Waals surface area contributed by atoms with Gasteiger partial charge in [0, 0.05) is 46.0 Å². The second kappa shape index (κ2) is 7.41.